The second kappa shape index (κ2) is 5.70. The van der Waals surface area contributed by atoms with Crippen molar-refractivity contribution in [2.45, 2.75) is 37.2 Å². The number of nitrogens with zero attached hydrogens (tertiary/aromatic N) is 2. The Morgan fingerprint density at radius 3 is 2.81 bits per heavy atom. The third-order valence-electron chi connectivity index (χ3n) is 5.70. The number of Topliss-reactive ketones (excluding diaryl/α,β-unsaturated/α-hetero) is 1. The Kier molecular flexibility index (Phi) is 3.80. The Labute approximate surface area is 151 Å². The Morgan fingerprint density at radius 2 is 2.08 bits per heavy atom. The number of hydrogen-bond acceptors (Lipinski definition) is 7. The average molecular weight is 358 g/mol. The fraction of sp³-hybridized carbons (Fsp3) is 0.526. The molecule has 4 atom stereocenters. The van der Waals surface area contributed by atoms with Crippen LogP contribution in [0, 0.1) is 5.92 Å². The number of piperidine rings is 1. The first-order chi connectivity index (χ1) is 12.3. The Balaban J connectivity index is 1.68. The quantitative estimate of drug-likeness (QED) is 0.747. The number of likely N-dealkylation sites (N-methyl/N-ethyl adjacent to an activating group) is 1. The second-order valence-electron chi connectivity index (χ2n) is 7.46. The summed E-state index contributed by atoms with van der Waals surface area (Å²) in [6.45, 7) is 3.07. The van der Waals surface area contributed by atoms with E-state index in [0.29, 0.717) is 6.54 Å². The van der Waals surface area contributed by atoms with Crippen LogP contribution in [0.5, 0.6) is 0 Å². The molecule has 1 fully saturated rings. The highest BCUT2D eigenvalue weighted by Crippen LogP contribution is 2.53. The maximum absolute atomic E-state index is 12.9. The molecule has 138 valence electrons. The minimum absolute atomic E-state index is 0.184. The minimum atomic E-state index is -2.36. The molecular weight excluding hydrogens is 336 g/mol. The highest BCUT2D eigenvalue weighted by molar-refractivity contribution is 6.18. The lowest BCUT2D eigenvalue weighted by atomic mass is 9.79. The number of benzene rings is 1. The number of rotatable bonds is 2. The van der Waals surface area contributed by atoms with E-state index in [4.69, 9.17) is 4.74 Å². The number of ether oxygens (including phenoxy) is 1. The van der Waals surface area contributed by atoms with E-state index in [-0.39, 0.29) is 22.9 Å². The SMILES string of the molecule is CC1=N[C@]2(O)c3ccccc3C(=O)[C@@]2(O)C1C(=O)O[C@@H]1CCCN(C)C1. The molecule has 2 N–H and O–H groups in total. The Hall–Kier alpha value is -2.09. The van der Waals surface area contributed by atoms with E-state index >= 15 is 0 Å². The lowest BCUT2D eigenvalue weighted by Gasteiger charge is -2.34. The van der Waals surface area contributed by atoms with Gasteiger partial charge in [-0.05, 0) is 33.4 Å². The van der Waals surface area contributed by atoms with Gasteiger partial charge in [-0.2, -0.15) is 0 Å². The van der Waals surface area contributed by atoms with E-state index in [1.54, 1.807) is 18.2 Å². The molecule has 0 saturated carbocycles. The van der Waals surface area contributed by atoms with Crippen molar-refractivity contribution in [2.24, 2.45) is 10.9 Å². The van der Waals surface area contributed by atoms with Gasteiger partial charge in [0, 0.05) is 23.4 Å². The molecule has 0 amide bonds. The van der Waals surface area contributed by atoms with Gasteiger partial charge in [-0.3, -0.25) is 14.6 Å². The van der Waals surface area contributed by atoms with Crippen molar-refractivity contribution in [3.63, 3.8) is 0 Å². The van der Waals surface area contributed by atoms with Gasteiger partial charge in [-0.25, -0.2) is 0 Å². The third kappa shape index (κ3) is 2.14. The summed E-state index contributed by atoms with van der Waals surface area (Å²) in [5.74, 6) is -2.73. The smallest absolute Gasteiger partial charge is 0.318 e. The van der Waals surface area contributed by atoms with Crippen LogP contribution < -0.4 is 0 Å². The van der Waals surface area contributed by atoms with Gasteiger partial charge >= 0.3 is 5.97 Å². The third-order valence-corrected chi connectivity index (χ3v) is 5.70. The van der Waals surface area contributed by atoms with Crippen molar-refractivity contribution < 1.29 is 24.5 Å². The number of ketones is 1. The molecule has 1 unspecified atom stereocenters. The number of fused-ring (bicyclic) bond motifs is 3. The van der Waals surface area contributed by atoms with Gasteiger partial charge in [0.1, 0.15) is 12.0 Å². The molecule has 26 heavy (non-hydrogen) atoms. The first-order valence-corrected chi connectivity index (χ1v) is 8.83. The van der Waals surface area contributed by atoms with E-state index in [0.717, 1.165) is 19.4 Å². The van der Waals surface area contributed by atoms with Gasteiger partial charge in [0.25, 0.3) is 0 Å². The number of hydrogen-bond donors (Lipinski definition) is 2. The number of carbonyl (C=O) groups is 2. The average Bonchev–Trinajstić information content (AvgIpc) is 2.90. The van der Waals surface area contributed by atoms with Crippen LogP contribution in [0.1, 0.15) is 35.7 Å². The lowest BCUT2D eigenvalue weighted by Crippen LogP contribution is -2.57. The first kappa shape index (κ1) is 17.3. The molecular formula is C19H22N2O5. The molecule has 1 saturated heterocycles. The summed E-state index contributed by atoms with van der Waals surface area (Å²) < 4.78 is 5.60. The fourth-order valence-electron chi connectivity index (χ4n) is 4.44. The van der Waals surface area contributed by atoms with Crippen molar-refractivity contribution in [3.8, 4) is 0 Å². The van der Waals surface area contributed by atoms with Crippen LogP contribution in [-0.4, -0.2) is 64.4 Å². The maximum atomic E-state index is 12.9. The van der Waals surface area contributed by atoms with Crippen molar-refractivity contribution in [1.29, 1.82) is 0 Å². The molecule has 0 radical (unpaired) electrons. The molecule has 3 aliphatic rings. The Bertz CT molecular complexity index is 822. The highest BCUT2D eigenvalue weighted by atomic mass is 16.5. The zero-order valence-electron chi connectivity index (χ0n) is 14.8. The van der Waals surface area contributed by atoms with Gasteiger partial charge in [0.15, 0.2) is 5.60 Å². The van der Waals surface area contributed by atoms with Gasteiger partial charge in [-0.15, -0.1) is 0 Å². The highest BCUT2D eigenvalue weighted by Gasteiger charge is 2.72. The molecule has 1 aromatic carbocycles. The molecule has 1 aliphatic carbocycles. The number of esters is 1. The minimum Gasteiger partial charge on any atom is -0.460 e. The van der Waals surface area contributed by atoms with Gasteiger partial charge < -0.3 is 19.8 Å². The van der Waals surface area contributed by atoms with Gasteiger partial charge in [-0.1, -0.05) is 24.3 Å². The number of carbonyl (C=O) groups excluding carboxylic acids is 2. The summed E-state index contributed by atoms with van der Waals surface area (Å²) in [7, 11) is 1.95. The van der Waals surface area contributed by atoms with Crippen LogP contribution in [0.4, 0.5) is 0 Å². The topological polar surface area (TPSA) is 99.4 Å². The molecule has 2 aliphatic heterocycles. The van der Waals surface area contributed by atoms with Crippen LogP contribution in [0.15, 0.2) is 29.3 Å². The predicted molar refractivity (Wildman–Crippen MR) is 92.8 cm³/mol. The van der Waals surface area contributed by atoms with Crippen molar-refractivity contribution in [1.82, 2.24) is 4.90 Å². The first-order valence-electron chi connectivity index (χ1n) is 8.83. The van der Waals surface area contributed by atoms with E-state index in [2.05, 4.69) is 9.89 Å². The van der Waals surface area contributed by atoms with Crippen LogP contribution in [0.25, 0.3) is 0 Å². The van der Waals surface area contributed by atoms with Crippen LogP contribution in [-0.2, 0) is 15.3 Å². The normalized spacial score (nSPS) is 36.5. The maximum Gasteiger partial charge on any atom is 0.318 e. The molecule has 7 heteroatoms. The number of aliphatic hydroxyl groups is 2. The fourth-order valence-corrected chi connectivity index (χ4v) is 4.44. The molecule has 7 nitrogen and oxygen atoms in total. The largest absolute Gasteiger partial charge is 0.460 e. The molecule has 0 spiro atoms. The van der Waals surface area contributed by atoms with Crippen LogP contribution >= 0.6 is 0 Å². The van der Waals surface area contributed by atoms with E-state index in [1.165, 1.54) is 13.0 Å². The summed E-state index contributed by atoms with van der Waals surface area (Å²) in [4.78, 5) is 32.0. The van der Waals surface area contributed by atoms with E-state index < -0.39 is 29.0 Å². The van der Waals surface area contributed by atoms with E-state index in [1.807, 2.05) is 7.05 Å². The van der Waals surface area contributed by atoms with E-state index in [9.17, 15) is 19.8 Å². The standard InChI is InChI=1S/C19H22N2O5/c1-11-15(17(23)26-12-6-5-9-21(2)10-12)18(24)16(22)13-7-3-4-8-14(13)19(18,25)20-11/h3-4,7-8,12,15,24-25H,5-6,9-10H2,1-2H3/t12-,15?,18+,19+/m1/s1. The molecule has 1 aromatic rings. The van der Waals surface area contributed by atoms with Crippen molar-refractivity contribution in [2.75, 3.05) is 20.1 Å². The van der Waals surface area contributed by atoms with Crippen LogP contribution in [0.2, 0.25) is 0 Å². The molecule has 4 rings (SSSR count). The predicted octanol–water partition coefficient (Wildman–Crippen LogP) is 0.487. The summed E-state index contributed by atoms with van der Waals surface area (Å²) in [6.07, 6.45) is 1.34. The Morgan fingerprint density at radius 1 is 1.35 bits per heavy atom. The van der Waals surface area contributed by atoms with Gasteiger partial charge in [0.05, 0.1) is 0 Å². The molecule has 0 aromatic heterocycles. The summed E-state index contributed by atoms with van der Waals surface area (Å²) in [5, 5.41) is 22.3. The number of aliphatic imine (C=N–C) groups is 1. The molecule has 2 heterocycles. The monoisotopic (exact) mass is 358 g/mol. The summed E-state index contributed by atoms with van der Waals surface area (Å²) in [5.41, 5.74) is -3.91. The molecule has 0 bridgehead atoms. The lowest BCUT2D eigenvalue weighted by molar-refractivity contribution is -0.171. The second-order valence-corrected chi connectivity index (χ2v) is 7.46. The summed E-state index contributed by atoms with van der Waals surface area (Å²) >= 11 is 0. The van der Waals surface area contributed by atoms with Crippen LogP contribution in [0.3, 0.4) is 0 Å². The zero-order valence-corrected chi connectivity index (χ0v) is 14.8. The summed E-state index contributed by atoms with van der Waals surface area (Å²) in [6, 6.07) is 6.37. The van der Waals surface area contributed by atoms with Crippen molar-refractivity contribution >= 4 is 17.5 Å². The van der Waals surface area contributed by atoms with Crippen molar-refractivity contribution in [3.05, 3.63) is 35.4 Å². The zero-order chi connectivity index (χ0) is 18.7. The van der Waals surface area contributed by atoms with Gasteiger partial charge in [0.2, 0.25) is 11.5 Å². The number of likely N-dealkylation sites (tertiary alicyclic amines) is 1.